The molecule has 1 amide bonds. The molecular weight excluding hydrogens is 310 g/mol. The van der Waals surface area contributed by atoms with Crippen molar-refractivity contribution in [2.24, 2.45) is 0 Å². The van der Waals surface area contributed by atoms with E-state index in [4.69, 9.17) is 0 Å². The summed E-state index contributed by atoms with van der Waals surface area (Å²) in [5.41, 5.74) is 3.98. The third-order valence-electron chi connectivity index (χ3n) is 4.80. The molecule has 1 aromatic heterocycles. The van der Waals surface area contributed by atoms with Crippen molar-refractivity contribution in [1.82, 2.24) is 9.88 Å². The molecular formula is C21H21N3O. The van der Waals surface area contributed by atoms with E-state index in [1.165, 1.54) is 11.3 Å². The molecule has 4 rings (SSSR count). The highest BCUT2D eigenvalue weighted by molar-refractivity contribution is 6.05. The first-order chi connectivity index (χ1) is 12.2. The van der Waals surface area contributed by atoms with Gasteiger partial charge in [0.25, 0.3) is 5.91 Å². The number of carbonyl (C=O) groups is 1. The number of pyridine rings is 1. The standard InChI is InChI=1S/C21H21N3O/c1-16-5-2-8-18(15-16)23-11-13-24(14-12-23)21(25)19-9-3-6-17-7-4-10-22-20(17)19/h2-10,15H,11-14H2,1H3. The van der Waals surface area contributed by atoms with Crippen LogP contribution in [0.4, 0.5) is 5.69 Å². The number of rotatable bonds is 2. The second kappa shape index (κ2) is 6.55. The summed E-state index contributed by atoms with van der Waals surface area (Å²) in [6, 6.07) is 18.2. The van der Waals surface area contributed by atoms with Gasteiger partial charge in [0.2, 0.25) is 0 Å². The van der Waals surface area contributed by atoms with E-state index in [1.54, 1.807) is 6.20 Å². The van der Waals surface area contributed by atoms with Crippen LogP contribution in [0.2, 0.25) is 0 Å². The monoisotopic (exact) mass is 331 g/mol. The van der Waals surface area contributed by atoms with Crippen LogP contribution in [-0.4, -0.2) is 42.0 Å². The first-order valence-corrected chi connectivity index (χ1v) is 8.67. The zero-order chi connectivity index (χ0) is 17.2. The smallest absolute Gasteiger partial charge is 0.256 e. The van der Waals surface area contributed by atoms with Crippen LogP contribution in [0.3, 0.4) is 0 Å². The van der Waals surface area contributed by atoms with Gasteiger partial charge in [-0.25, -0.2) is 0 Å². The molecule has 0 unspecified atom stereocenters. The van der Waals surface area contributed by atoms with Crippen molar-refractivity contribution >= 4 is 22.5 Å². The minimum Gasteiger partial charge on any atom is -0.368 e. The van der Waals surface area contributed by atoms with E-state index in [9.17, 15) is 4.79 Å². The number of amides is 1. The number of aromatic nitrogens is 1. The molecule has 0 bridgehead atoms. The maximum absolute atomic E-state index is 13.0. The summed E-state index contributed by atoms with van der Waals surface area (Å²) in [7, 11) is 0. The van der Waals surface area contributed by atoms with Crippen LogP contribution in [0.5, 0.6) is 0 Å². The zero-order valence-corrected chi connectivity index (χ0v) is 14.4. The van der Waals surface area contributed by atoms with Gasteiger partial charge in [-0.15, -0.1) is 0 Å². The van der Waals surface area contributed by atoms with Crippen molar-refractivity contribution in [2.45, 2.75) is 6.92 Å². The Bertz CT molecular complexity index is 908. The van der Waals surface area contributed by atoms with Gasteiger partial charge in [-0.2, -0.15) is 0 Å². The second-order valence-electron chi connectivity index (χ2n) is 6.50. The minimum absolute atomic E-state index is 0.0770. The second-order valence-corrected chi connectivity index (χ2v) is 6.50. The SMILES string of the molecule is Cc1cccc(N2CCN(C(=O)c3cccc4cccnc34)CC2)c1. The fourth-order valence-electron chi connectivity index (χ4n) is 3.44. The molecule has 1 aliphatic heterocycles. The third kappa shape index (κ3) is 3.07. The Morgan fingerprint density at radius 3 is 2.52 bits per heavy atom. The minimum atomic E-state index is 0.0770. The Kier molecular flexibility index (Phi) is 4.10. The van der Waals surface area contributed by atoms with E-state index in [0.717, 1.165) is 37.1 Å². The van der Waals surface area contributed by atoms with Crippen LogP contribution >= 0.6 is 0 Å². The number of anilines is 1. The van der Waals surface area contributed by atoms with E-state index < -0.39 is 0 Å². The molecule has 1 saturated heterocycles. The fourth-order valence-corrected chi connectivity index (χ4v) is 3.44. The average molecular weight is 331 g/mol. The van der Waals surface area contributed by atoms with Gasteiger partial charge in [-0.1, -0.05) is 30.3 Å². The maximum atomic E-state index is 13.0. The third-order valence-corrected chi connectivity index (χ3v) is 4.80. The molecule has 126 valence electrons. The van der Waals surface area contributed by atoms with Crippen LogP contribution in [0, 0.1) is 6.92 Å². The quantitative estimate of drug-likeness (QED) is 0.721. The molecule has 0 atom stereocenters. The first kappa shape index (κ1) is 15.6. The lowest BCUT2D eigenvalue weighted by Gasteiger charge is -2.36. The summed E-state index contributed by atoms with van der Waals surface area (Å²) < 4.78 is 0. The molecule has 0 spiro atoms. The van der Waals surface area contributed by atoms with Gasteiger partial charge in [0.1, 0.15) is 0 Å². The predicted molar refractivity (Wildman–Crippen MR) is 101 cm³/mol. The van der Waals surface area contributed by atoms with Gasteiger partial charge in [0, 0.05) is 43.4 Å². The van der Waals surface area contributed by atoms with E-state index in [1.807, 2.05) is 35.2 Å². The lowest BCUT2D eigenvalue weighted by Crippen LogP contribution is -2.48. The number of para-hydroxylation sites is 1. The topological polar surface area (TPSA) is 36.4 Å². The van der Waals surface area contributed by atoms with E-state index in [0.29, 0.717) is 5.56 Å². The Morgan fingerprint density at radius 1 is 0.960 bits per heavy atom. The van der Waals surface area contributed by atoms with Crippen LogP contribution < -0.4 is 4.90 Å². The van der Waals surface area contributed by atoms with Crippen LogP contribution in [0.15, 0.2) is 60.8 Å². The van der Waals surface area contributed by atoms with E-state index in [-0.39, 0.29) is 5.91 Å². The average Bonchev–Trinajstić information content (AvgIpc) is 2.67. The lowest BCUT2D eigenvalue weighted by atomic mass is 10.1. The highest BCUT2D eigenvalue weighted by Gasteiger charge is 2.23. The summed E-state index contributed by atoms with van der Waals surface area (Å²) in [5.74, 6) is 0.0770. The van der Waals surface area contributed by atoms with Gasteiger partial charge < -0.3 is 9.80 Å². The molecule has 2 heterocycles. The fraction of sp³-hybridized carbons (Fsp3) is 0.238. The Labute approximate surface area is 147 Å². The van der Waals surface area contributed by atoms with Crippen LogP contribution in [0.25, 0.3) is 10.9 Å². The summed E-state index contributed by atoms with van der Waals surface area (Å²) in [5, 5.41) is 1.01. The Morgan fingerprint density at radius 2 is 1.72 bits per heavy atom. The number of hydrogen-bond acceptors (Lipinski definition) is 3. The molecule has 1 fully saturated rings. The van der Waals surface area contributed by atoms with Gasteiger partial charge in [-0.3, -0.25) is 9.78 Å². The van der Waals surface area contributed by atoms with Crippen LogP contribution in [0.1, 0.15) is 15.9 Å². The normalized spacial score (nSPS) is 14.8. The number of nitrogens with zero attached hydrogens (tertiary/aromatic N) is 3. The number of benzene rings is 2. The van der Waals surface area contributed by atoms with Gasteiger partial charge in [0.05, 0.1) is 11.1 Å². The zero-order valence-electron chi connectivity index (χ0n) is 14.4. The van der Waals surface area contributed by atoms with Gasteiger partial charge in [-0.05, 0) is 36.8 Å². The van der Waals surface area contributed by atoms with Gasteiger partial charge >= 0.3 is 0 Å². The van der Waals surface area contributed by atoms with E-state index in [2.05, 4.69) is 41.1 Å². The van der Waals surface area contributed by atoms with Crippen molar-refractivity contribution < 1.29 is 4.79 Å². The number of aryl methyl sites for hydroxylation is 1. The van der Waals surface area contributed by atoms with Crippen molar-refractivity contribution in [3.63, 3.8) is 0 Å². The van der Waals surface area contributed by atoms with Crippen molar-refractivity contribution in [1.29, 1.82) is 0 Å². The lowest BCUT2D eigenvalue weighted by molar-refractivity contribution is 0.0748. The molecule has 2 aromatic carbocycles. The summed E-state index contributed by atoms with van der Waals surface area (Å²) in [6.07, 6.45) is 1.74. The van der Waals surface area contributed by atoms with Crippen molar-refractivity contribution in [3.8, 4) is 0 Å². The molecule has 4 heteroatoms. The highest BCUT2D eigenvalue weighted by atomic mass is 16.2. The molecule has 3 aromatic rings. The first-order valence-electron chi connectivity index (χ1n) is 8.67. The number of piperazine rings is 1. The number of fused-ring (bicyclic) bond motifs is 1. The molecule has 0 radical (unpaired) electrons. The van der Waals surface area contributed by atoms with E-state index >= 15 is 0 Å². The Hall–Kier alpha value is -2.88. The summed E-state index contributed by atoms with van der Waals surface area (Å²) >= 11 is 0. The largest absolute Gasteiger partial charge is 0.368 e. The van der Waals surface area contributed by atoms with Crippen molar-refractivity contribution in [3.05, 3.63) is 71.9 Å². The summed E-state index contributed by atoms with van der Waals surface area (Å²) in [4.78, 5) is 21.7. The van der Waals surface area contributed by atoms with Crippen molar-refractivity contribution in [2.75, 3.05) is 31.1 Å². The van der Waals surface area contributed by atoms with Gasteiger partial charge in [0.15, 0.2) is 0 Å². The molecule has 25 heavy (non-hydrogen) atoms. The molecule has 0 aliphatic carbocycles. The maximum Gasteiger partial charge on any atom is 0.256 e. The molecule has 0 saturated carbocycles. The molecule has 0 N–H and O–H groups in total. The number of carbonyl (C=O) groups excluding carboxylic acids is 1. The predicted octanol–water partition coefficient (Wildman–Crippen LogP) is 3.51. The molecule has 1 aliphatic rings. The Balaban J connectivity index is 1.51. The van der Waals surface area contributed by atoms with Crippen LogP contribution in [-0.2, 0) is 0 Å². The highest BCUT2D eigenvalue weighted by Crippen LogP contribution is 2.21. The molecule has 4 nitrogen and oxygen atoms in total. The number of hydrogen-bond donors (Lipinski definition) is 0. The summed E-state index contributed by atoms with van der Waals surface area (Å²) in [6.45, 7) is 5.28.